The summed E-state index contributed by atoms with van der Waals surface area (Å²) in [6.45, 7) is 19.8. The molecule has 0 N–H and O–H groups in total. The zero-order valence-corrected chi connectivity index (χ0v) is 21.8. The van der Waals surface area contributed by atoms with Gasteiger partial charge in [0.05, 0.1) is 0 Å². The average molecular weight is 444 g/mol. The summed E-state index contributed by atoms with van der Waals surface area (Å²) in [5.41, 5.74) is 8.56. The van der Waals surface area contributed by atoms with Crippen molar-refractivity contribution in [3.05, 3.63) is 70.2 Å². The first-order valence-corrected chi connectivity index (χ1v) is 11.9. The third-order valence-electron chi connectivity index (χ3n) is 7.11. The Hall–Kier alpha value is -2.82. The van der Waals surface area contributed by atoms with Gasteiger partial charge in [-0.05, 0) is 50.3 Å². The summed E-state index contributed by atoms with van der Waals surface area (Å²) in [6.07, 6.45) is 2.02. The minimum Gasteiger partial charge on any atom is -0.594 e. The summed E-state index contributed by atoms with van der Waals surface area (Å²) in [7, 11) is 0. The standard InChI is InChI=1S/C28H37BN2O2/c1-18-13-11-14-19(2)24(18)30-23(28(8,9)10)17-22(27(5,6)7)29(30)31(26(32)33-29)25-20(3)15-12-16-21(25)4/h11-17H,1-10H3/t29-/m1/s1. The van der Waals surface area contributed by atoms with Crippen LogP contribution in [0.4, 0.5) is 16.2 Å². The molecule has 4 rings (SSSR count). The monoisotopic (exact) mass is 444 g/mol. The van der Waals surface area contributed by atoms with Crippen LogP contribution in [0.3, 0.4) is 0 Å². The van der Waals surface area contributed by atoms with Crippen molar-refractivity contribution >= 4 is 29.8 Å². The van der Waals surface area contributed by atoms with Crippen molar-refractivity contribution < 1.29 is 13.9 Å². The van der Waals surface area contributed by atoms with Gasteiger partial charge in [-0.25, -0.2) is 4.79 Å². The van der Waals surface area contributed by atoms with Crippen LogP contribution in [0.5, 0.6) is 0 Å². The van der Waals surface area contributed by atoms with Gasteiger partial charge < -0.3 is 14.0 Å². The van der Waals surface area contributed by atoms with Gasteiger partial charge in [0.15, 0.2) is 5.69 Å². The predicted octanol–water partition coefficient (Wildman–Crippen LogP) is 7.17. The minimum atomic E-state index is -1.97. The molecule has 0 aromatic heterocycles. The van der Waals surface area contributed by atoms with Gasteiger partial charge in [0.1, 0.15) is 5.71 Å². The van der Waals surface area contributed by atoms with Gasteiger partial charge in [0.2, 0.25) is 0 Å². The number of para-hydroxylation sites is 2. The van der Waals surface area contributed by atoms with Crippen LogP contribution in [0, 0.1) is 38.5 Å². The van der Waals surface area contributed by atoms with Crippen LogP contribution in [-0.4, -0.2) is 22.9 Å². The zero-order chi connectivity index (χ0) is 24.5. The maximum atomic E-state index is 13.3. The first kappa shape index (κ1) is 23.3. The molecule has 0 saturated carbocycles. The highest BCUT2D eigenvalue weighted by Gasteiger charge is 2.69. The molecule has 2 aliphatic heterocycles. The number of nitrogens with zero attached hydrogens (tertiary/aromatic N) is 2. The number of hydrogen-bond donors (Lipinski definition) is 0. The van der Waals surface area contributed by atoms with Crippen LogP contribution >= 0.6 is 0 Å². The van der Waals surface area contributed by atoms with Crippen LogP contribution in [-0.2, 0) is 4.65 Å². The van der Waals surface area contributed by atoms with E-state index in [1.807, 2.05) is 10.9 Å². The Morgan fingerprint density at radius 3 is 1.70 bits per heavy atom. The molecular formula is C28H37BN2O2. The molecular weight excluding hydrogens is 407 g/mol. The summed E-state index contributed by atoms with van der Waals surface area (Å²) in [6, 6.07) is 12.6. The molecule has 0 aliphatic carbocycles. The number of allylic oxidation sites excluding steroid dienone is 2. The SMILES string of the molecule is Cc1cccc(C)c1N1C(=O)O[B@@-]12C(C(C)(C)C)=CC(C(C)(C)C)=[N+]2c1c(C)cccc1C. The lowest BCUT2D eigenvalue weighted by Gasteiger charge is -2.56. The van der Waals surface area contributed by atoms with E-state index < -0.39 is 6.62 Å². The Labute approximate surface area is 199 Å². The summed E-state index contributed by atoms with van der Waals surface area (Å²) in [4.78, 5) is 15.3. The number of amides is 1. The van der Waals surface area contributed by atoms with E-state index in [0.29, 0.717) is 0 Å². The van der Waals surface area contributed by atoms with E-state index in [2.05, 4.69) is 110 Å². The molecule has 1 atom stereocenters. The number of anilines is 1. The molecule has 0 unspecified atom stereocenters. The van der Waals surface area contributed by atoms with Crippen LogP contribution in [0.1, 0.15) is 63.8 Å². The third-order valence-corrected chi connectivity index (χ3v) is 7.11. The first-order chi connectivity index (χ1) is 15.2. The maximum absolute atomic E-state index is 13.3. The van der Waals surface area contributed by atoms with Crippen molar-refractivity contribution in [2.24, 2.45) is 10.8 Å². The van der Waals surface area contributed by atoms with Crippen molar-refractivity contribution in [2.75, 3.05) is 4.81 Å². The van der Waals surface area contributed by atoms with Gasteiger partial charge in [0.25, 0.3) is 0 Å². The van der Waals surface area contributed by atoms with Crippen LogP contribution in [0.2, 0.25) is 0 Å². The number of carbonyl (C=O) groups is 1. The van der Waals surface area contributed by atoms with Gasteiger partial charge in [-0.3, -0.25) is 0 Å². The molecule has 4 nitrogen and oxygen atoms in total. The fourth-order valence-electron chi connectivity index (χ4n) is 5.66. The van der Waals surface area contributed by atoms with Crippen LogP contribution in [0.15, 0.2) is 47.9 Å². The van der Waals surface area contributed by atoms with Crippen LogP contribution in [0.25, 0.3) is 0 Å². The number of benzene rings is 2. The first-order valence-electron chi connectivity index (χ1n) is 11.9. The molecule has 1 fully saturated rings. The molecule has 174 valence electrons. The molecule has 2 aliphatic rings. The predicted molar refractivity (Wildman–Crippen MR) is 138 cm³/mol. The largest absolute Gasteiger partial charge is 0.602 e. The van der Waals surface area contributed by atoms with Gasteiger partial charge in [-0.15, -0.1) is 0 Å². The van der Waals surface area contributed by atoms with Crippen molar-refractivity contribution in [1.82, 2.24) is 0 Å². The Morgan fingerprint density at radius 2 is 1.27 bits per heavy atom. The van der Waals surface area contributed by atoms with Gasteiger partial charge in [-0.2, -0.15) is 0 Å². The van der Waals surface area contributed by atoms with E-state index in [-0.39, 0.29) is 16.9 Å². The number of hydrogen-bond acceptors (Lipinski definition) is 2. The normalized spacial score (nSPS) is 20.8. The quantitative estimate of drug-likeness (QED) is 0.460. The lowest BCUT2D eigenvalue weighted by molar-refractivity contribution is -0.325. The lowest BCUT2D eigenvalue weighted by Crippen LogP contribution is -2.77. The van der Waals surface area contributed by atoms with Crippen molar-refractivity contribution in [2.45, 2.75) is 69.2 Å². The second-order valence-electron chi connectivity index (χ2n) is 11.8. The Balaban J connectivity index is 2.14. The molecule has 2 aromatic rings. The Morgan fingerprint density at radius 1 is 0.788 bits per heavy atom. The maximum Gasteiger partial charge on any atom is 0.602 e. The molecule has 1 amide bonds. The fraction of sp³-hybridized carbons (Fsp3) is 0.429. The summed E-state index contributed by atoms with van der Waals surface area (Å²) >= 11 is 0. The van der Waals surface area contributed by atoms with E-state index in [9.17, 15) is 4.79 Å². The highest BCUT2D eigenvalue weighted by molar-refractivity contribution is 6.88. The summed E-state index contributed by atoms with van der Waals surface area (Å²) < 4.78 is 8.75. The second kappa shape index (κ2) is 7.34. The molecule has 33 heavy (non-hydrogen) atoms. The summed E-state index contributed by atoms with van der Waals surface area (Å²) in [5, 5.41) is 0. The average Bonchev–Trinajstić information content (AvgIpc) is 3.02. The highest BCUT2D eigenvalue weighted by Crippen LogP contribution is 2.51. The summed E-state index contributed by atoms with van der Waals surface area (Å²) in [5.74, 6) is 0. The Bertz CT molecular complexity index is 1190. The molecule has 1 spiro atoms. The van der Waals surface area contributed by atoms with Crippen molar-refractivity contribution in [3.8, 4) is 0 Å². The van der Waals surface area contributed by atoms with Crippen LogP contribution < -0.4 is 4.81 Å². The number of carbonyl (C=O) groups excluding carboxylic acids is 1. The third kappa shape index (κ3) is 3.35. The second-order valence-corrected chi connectivity index (χ2v) is 11.8. The van der Waals surface area contributed by atoms with Crippen molar-refractivity contribution in [3.63, 3.8) is 0 Å². The molecule has 0 bridgehead atoms. The van der Waals surface area contributed by atoms with Crippen molar-refractivity contribution in [1.29, 1.82) is 0 Å². The van der Waals surface area contributed by atoms with E-state index in [0.717, 1.165) is 28.0 Å². The topological polar surface area (TPSA) is 32.6 Å². The highest BCUT2D eigenvalue weighted by atomic mass is 16.6. The van der Waals surface area contributed by atoms with E-state index in [1.54, 1.807) is 0 Å². The van der Waals surface area contributed by atoms with Gasteiger partial charge >= 0.3 is 12.7 Å². The molecule has 2 heterocycles. The molecule has 1 saturated heterocycles. The van der Waals surface area contributed by atoms with E-state index >= 15 is 0 Å². The molecule has 2 aromatic carbocycles. The number of rotatable bonds is 2. The smallest absolute Gasteiger partial charge is 0.594 e. The van der Waals surface area contributed by atoms with Gasteiger partial charge in [0, 0.05) is 22.2 Å². The molecule has 5 heteroatoms. The zero-order valence-electron chi connectivity index (χ0n) is 21.8. The fourth-order valence-corrected chi connectivity index (χ4v) is 5.66. The van der Waals surface area contributed by atoms with E-state index in [1.165, 1.54) is 16.8 Å². The minimum absolute atomic E-state index is 0.148. The van der Waals surface area contributed by atoms with E-state index in [4.69, 9.17) is 4.65 Å². The molecule has 0 radical (unpaired) electrons. The van der Waals surface area contributed by atoms with Gasteiger partial charge in [-0.1, -0.05) is 83.4 Å². The number of aryl methyl sites for hydroxylation is 4. The lowest BCUT2D eigenvalue weighted by atomic mass is 9.46. The Kier molecular flexibility index (Phi) is 5.20.